The van der Waals surface area contributed by atoms with Gasteiger partial charge in [0.1, 0.15) is 24.3 Å². The lowest BCUT2D eigenvalue weighted by molar-refractivity contribution is -0.146. The molecule has 19 heteroatoms. The Morgan fingerprint density at radius 1 is 0.704 bits per heavy atom. The zero-order valence-corrected chi connectivity index (χ0v) is 31.7. The van der Waals surface area contributed by atoms with Gasteiger partial charge in [0.2, 0.25) is 11.8 Å². The fraction of sp³-hybridized carbons (Fsp3) is 0.714. The van der Waals surface area contributed by atoms with E-state index in [4.69, 9.17) is 39.5 Å². The van der Waals surface area contributed by atoms with E-state index in [1.165, 1.54) is 0 Å². The van der Waals surface area contributed by atoms with Crippen molar-refractivity contribution in [2.24, 2.45) is 10.2 Å². The molecule has 0 aliphatic heterocycles. The van der Waals surface area contributed by atoms with E-state index in [0.717, 1.165) is 5.56 Å². The largest absolute Gasteiger partial charge is 0.461 e. The fourth-order valence-electron chi connectivity index (χ4n) is 4.51. The van der Waals surface area contributed by atoms with Gasteiger partial charge in [-0.25, -0.2) is 4.79 Å². The summed E-state index contributed by atoms with van der Waals surface area (Å²) in [7, 11) is 0. The molecule has 3 amide bonds. The van der Waals surface area contributed by atoms with Gasteiger partial charge in [-0.05, 0) is 63.1 Å². The summed E-state index contributed by atoms with van der Waals surface area (Å²) in [6.45, 7) is 8.46. The van der Waals surface area contributed by atoms with Crippen LogP contribution in [0.2, 0.25) is 0 Å². The van der Waals surface area contributed by atoms with E-state index in [-0.39, 0.29) is 71.3 Å². The molecule has 3 N–H and O–H groups in total. The molecule has 0 saturated carbocycles. The summed E-state index contributed by atoms with van der Waals surface area (Å²) in [4.78, 5) is 56.1. The maximum atomic E-state index is 13.3. The maximum Gasteiger partial charge on any atom is 0.408 e. The maximum absolute atomic E-state index is 13.3. The van der Waals surface area contributed by atoms with Crippen LogP contribution in [0.5, 0.6) is 0 Å². The molecule has 0 bridgehead atoms. The van der Waals surface area contributed by atoms with Crippen LogP contribution in [0.25, 0.3) is 20.9 Å². The number of esters is 1. The van der Waals surface area contributed by atoms with Crippen molar-refractivity contribution < 1.29 is 47.6 Å². The second-order valence-corrected chi connectivity index (χ2v) is 12.8. The minimum atomic E-state index is -1.00. The highest BCUT2D eigenvalue weighted by Gasteiger charge is 2.28. The van der Waals surface area contributed by atoms with Crippen molar-refractivity contribution in [3.63, 3.8) is 0 Å². The molecule has 54 heavy (non-hydrogen) atoms. The summed E-state index contributed by atoms with van der Waals surface area (Å²) in [5.74, 6) is -1.33. The van der Waals surface area contributed by atoms with Gasteiger partial charge in [-0.15, -0.1) is 0 Å². The van der Waals surface area contributed by atoms with Crippen LogP contribution in [-0.2, 0) is 49.4 Å². The summed E-state index contributed by atoms with van der Waals surface area (Å²) >= 11 is 0. The predicted molar refractivity (Wildman–Crippen MR) is 198 cm³/mol. The van der Waals surface area contributed by atoms with Crippen LogP contribution in [0.4, 0.5) is 4.79 Å². The Hall–Kier alpha value is -4.64. The second-order valence-electron chi connectivity index (χ2n) is 12.8. The highest BCUT2D eigenvalue weighted by atomic mass is 16.6. The summed E-state index contributed by atoms with van der Waals surface area (Å²) < 4.78 is 32.4. The molecular formula is C35H57N9O10. The third kappa shape index (κ3) is 27.0. The van der Waals surface area contributed by atoms with Crippen molar-refractivity contribution >= 4 is 23.9 Å². The third-order valence-electron chi connectivity index (χ3n) is 7.12. The molecule has 0 heterocycles. The van der Waals surface area contributed by atoms with E-state index in [1.807, 2.05) is 30.3 Å². The number of carbonyl (C=O) groups is 4. The van der Waals surface area contributed by atoms with Gasteiger partial charge in [0, 0.05) is 29.5 Å². The number of nitrogens with zero attached hydrogens (tertiary/aromatic N) is 6. The number of rotatable bonds is 31. The molecule has 1 aromatic carbocycles. The Morgan fingerprint density at radius 2 is 1.22 bits per heavy atom. The Kier molecular flexibility index (Phi) is 27.0. The van der Waals surface area contributed by atoms with Gasteiger partial charge >= 0.3 is 12.1 Å². The zero-order valence-electron chi connectivity index (χ0n) is 31.7. The number of ether oxygens (including phenoxy) is 6. The van der Waals surface area contributed by atoms with Crippen molar-refractivity contribution in [3.8, 4) is 0 Å². The first-order chi connectivity index (χ1) is 26.1. The molecule has 1 aromatic rings. The molecule has 0 unspecified atom stereocenters. The highest BCUT2D eigenvalue weighted by molar-refractivity contribution is 5.91. The lowest BCUT2D eigenvalue weighted by atomic mass is 10.1. The van der Waals surface area contributed by atoms with E-state index in [9.17, 15) is 19.2 Å². The topological polar surface area (TPSA) is 257 Å². The van der Waals surface area contributed by atoms with Crippen LogP contribution in [-0.4, -0.2) is 114 Å². The number of hydrogen-bond acceptors (Lipinski definition) is 12. The normalized spacial score (nSPS) is 12.0. The minimum absolute atomic E-state index is 0.162. The number of benzene rings is 1. The van der Waals surface area contributed by atoms with Gasteiger partial charge in [-0.1, -0.05) is 53.4 Å². The number of unbranched alkanes of at least 4 members (excludes halogenated alkanes) is 2. The van der Waals surface area contributed by atoms with Crippen LogP contribution < -0.4 is 16.0 Å². The number of hydrogen-bond donors (Lipinski definition) is 3. The van der Waals surface area contributed by atoms with Gasteiger partial charge in [-0.3, -0.25) is 14.4 Å². The number of amides is 3. The van der Waals surface area contributed by atoms with Crippen molar-refractivity contribution in [2.45, 2.75) is 90.0 Å². The molecular weight excluding hydrogens is 706 g/mol. The highest BCUT2D eigenvalue weighted by Crippen LogP contribution is 2.10. The van der Waals surface area contributed by atoms with Crippen LogP contribution in [0.1, 0.15) is 71.3 Å². The molecule has 1 rings (SSSR count). The van der Waals surface area contributed by atoms with Crippen molar-refractivity contribution in [3.05, 3.63) is 56.8 Å². The van der Waals surface area contributed by atoms with Crippen LogP contribution >= 0.6 is 0 Å². The Balaban J connectivity index is 2.33. The third-order valence-corrected chi connectivity index (χ3v) is 7.12. The Bertz CT molecular complexity index is 1300. The number of nitrogens with one attached hydrogen (secondary N) is 3. The first kappa shape index (κ1) is 47.4. The monoisotopic (exact) mass is 763 g/mol. The van der Waals surface area contributed by atoms with Gasteiger partial charge < -0.3 is 44.4 Å². The van der Waals surface area contributed by atoms with Crippen molar-refractivity contribution in [2.75, 3.05) is 72.5 Å². The first-order valence-corrected chi connectivity index (χ1v) is 18.2. The van der Waals surface area contributed by atoms with Crippen molar-refractivity contribution in [1.82, 2.24) is 16.0 Å². The van der Waals surface area contributed by atoms with Crippen LogP contribution in [0, 0.1) is 0 Å². The van der Waals surface area contributed by atoms with Gasteiger partial charge in [0.15, 0.2) is 0 Å². The van der Waals surface area contributed by atoms with E-state index < -0.39 is 35.6 Å². The van der Waals surface area contributed by atoms with E-state index in [0.29, 0.717) is 58.7 Å². The SMILES string of the molecule is CC(C)(C)OC(=O)N[C@@H](CCCCN=[N+]=[N-])C(=O)N[C@@H](CCCCN=[N+]=[N-])C(=O)NCCOCCOCCOCCOCCC(=O)OCc1ccccc1. The van der Waals surface area contributed by atoms with Crippen LogP contribution in [0.3, 0.4) is 0 Å². The van der Waals surface area contributed by atoms with Crippen LogP contribution in [0.15, 0.2) is 40.6 Å². The molecule has 0 radical (unpaired) electrons. The first-order valence-electron chi connectivity index (χ1n) is 18.2. The Labute approximate surface area is 316 Å². The second kappa shape index (κ2) is 30.8. The van der Waals surface area contributed by atoms with E-state index >= 15 is 0 Å². The van der Waals surface area contributed by atoms with Gasteiger partial charge in [0.25, 0.3) is 0 Å². The number of carbonyl (C=O) groups excluding carboxylic acids is 4. The molecule has 19 nitrogen and oxygen atoms in total. The quantitative estimate of drug-likeness (QED) is 0.0310. The van der Waals surface area contributed by atoms with Gasteiger partial charge in [-0.2, -0.15) is 0 Å². The standard InChI is InChI=1S/C35H57N9O10/c1-35(2,3)54-34(48)42-30(14-8-10-17-40-44-37)33(47)41-29(13-7-9-16-39-43-36)32(46)38-18-20-50-22-24-52-26-25-51-23-21-49-19-15-31(45)53-27-28-11-5-4-6-12-28/h4-6,11-12,29-30H,7-10,13-27H2,1-3H3,(H,38,46)(H,41,47)(H,42,48)/t29-,30-/m0/s1. The lowest BCUT2D eigenvalue weighted by Gasteiger charge is -2.25. The molecule has 2 atom stereocenters. The fourth-order valence-corrected chi connectivity index (χ4v) is 4.51. The number of alkyl carbamates (subject to hydrolysis) is 1. The summed E-state index contributed by atoms with van der Waals surface area (Å²) in [5.41, 5.74) is 17.2. The predicted octanol–water partition coefficient (Wildman–Crippen LogP) is 4.64. The molecule has 0 spiro atoms. The number of azide groups is 2. The lowest BCUT2D eigenvalue weighted by Crippen LogP contribution is -2.54. The zero-order chi connectivity index (χ0) is 39.7. The molecule has 0 aliphatic carbocycles. The molecule has 302 valence electrons. The average molecular weight is 764 g/mol. The van der Waals surface area contributed by atoms with Gasteiger partial charge in [0.05, 0.1) is 59.3 Å². The molecule has 0 aliphatic rings. The average Bonchev–Trinajstić information content (AvgIpc) is 3.13. The Morgan fingerprint density at radius 3 is 1.76 bits per heavy atom. The summed E-state index contributed by atoms with van der Waals surface area (Å²) in [6.07, 6.45) is 1.84. The van der Waals surface area contributed by atoms with E-state index in [2.05, 4.69) is 36.0 Å². The molecule has 0 aromatic heterocycles. The summed E-state index contributed by atoms with van der Waals surface area (Å²) in [6, 6.07) is 7.52. The smallest absolute Gasteiger partial charge is 0.408 e. The molecule has 0 fully saturated rings. The van der Waals surface area contributed by atoms with Crippen molar-refractivity contribution in [1.29, 1.82) is 0 Å². The molecule has 0 saturated heterocycles. The minimum Gasteiger partial charge on any atom is -0.461 e. The summed E-state index contributed by atoms with van der Waals surface area (Å²) in [5, 5.41) is 15.1. The van der Waals surface area contributed by atoms with E-state index in [1.54, 1.807) is 20.8 Å².